The van der Waals surface area contributed by atoms with Crippen LogP contribution >= 0.6 is 0 Å². The molecule has 0 aromatic heterocycles. The summed E-state index contributed by atoms with van der Waals surface area (Å²) in [6.45, 7) is 2.96. The van der Waals surface area contributed by atoms with Crippen LogP contribution in [0.4, 0.5) is 14.5 Å². The summed E-state index contributed by atoms with van der Waals surface area (Å²) in [5.41, 5.74) is -1.02. The number of carbonyl (C=O) groups is 1. The molecule has 1 atom stereocenters. The smallest absolute Gasteiger partial charge is 0.324 e. The molecule has 0 fully saturated rings. The monoisotopic (exact) mass is 304 g/mol. The maximum absolute atomic E-state index is 13.5. The molecule has 0 bridgehead atoms. The summed E-state index contributed by atoms with van der Waals surface area (Å²) in [4.78, 5) is 20.3. The minimum Gasteiger partial charge on any atom is -0.488 e. The van der Waals surface area contributed by atoms with E-state index in [0.717, 1.165) is 0 Å². The lowest BCUT2D eigenvalue weighted by Crippen LogP contribution is -2.44. The van der Waals surface area contributed by atoms with Gasteiger partial charge in [-0.25, -0.2) is 4.39 Å². The molecule has 0 radical (unpaired) electrons. The molecule has 21 heavy (non-hydrogen) atoms. The summed E-state index contributed by atoms with van der Waals surface area (Å²) in [5.74, 6) is -4.21. The first-order valence-electron chi connectivity index (χ1n) is 5.97. The normalized spacial score (nSPS) is 12.2. The van der Waals surface area contributed by atoms with Gasteiger partial charge in [-0.1, -0.05) is 13.8 Å². The highest BCUT2D eigenvalue weighted by atomic mass is 19.1. The maximum Gasteiger partial charge on any atom is 0.324 e. The van der Waals surface area contributed by atoms with E-state index in [-0.39, 0.29) is 6.04 Å². The average molecular weight is 304 g/mol. The molecule has 7 nitrogen and oxygen atoms in total. The number of nitro groups is 1. The first kappa shape index (κ1) is 16.8. The number of hydrogen-bond donors (Lipinski definition) is 2. The summed E-state index contributed by atoms with van der Waals surface area (Å²) >= 11 is 0. The van der Waals surface area contributed by atoms with Gasteiger partial charge in [0, 0.05) is 12.1 Å². The molecule has 0 saturated carbocycles. The van der Waals surface area contributed by atoms with Crippen LogP contribution < -0.4 is 10.1 Å². The number of ether oxygens (including phenoxy) is 1. The Morgan fingerprint density at radius 1 is 1.43 bits per heavy atom. The molecule has 9 heteroatoms. The number of carboxylic acids is 1. The highest BCUT2D eigenvalue weighted by Crippen LogP contribution is 2.26. The van der Waals surface area contributed by atoms with Gasteiger partial charge in [-0.05, 0) is 0 Å². The third-order valence-corrected chi connectivity index (χ3v) is 2.44. The molecule has 0 aliphatic carbocycles. The second kappa shape index (κ2) is 6.93. The van der Waals surface area contributed by atoms with Crippen LogP contribution in [0.3, 0.4) is 0 Å². The SMILES string of the molecule is CC(C)NC(COc1cc(F)c([N+](=O)[O-])cc1F)C(=O)O. The van der Waals surface area contributed by atoms with Crippen molar-refractivity contribution in [2.45, 2.75) is 25.9 Å². The molecule has 2 N–H and O–H groups in total. The third-order valence-electron chi connectivity index (χ3n) is 2.44. The molecule has 0 spiro atoms. The molecule has 0 saturated heterocycles. The topological polar surface area (TPSA) is 102 Å². The predicted molar refractivity (Wildman–Crippen MR) is 68.2 cm³/mol. The van der Waals surface area contributed by atoms with Crippen molar-refractivity contribution in [2.24, 2.45) is 0 Å². The lowest BCUT2D eigenvalue weighted by Gasteiger charge is -2.18. The molecule has 1 unspecified atom stereocenters. The number of hydrogen-bond acceptors (Lipinski definition) is 5. The standard InChI is InChI=1S/C12H14F2N2O5/c1-6(2)15-9(12(17)18)5-21-11-4-7(13)10(16(19)20)3-8(11)14/h3-4,6,9,15H,5H2,1-2H3,(H,17,18). The summed E-state index contributed by atoms with van der Waals surface area (Å²) in [7, 11) is 0. The zero-order chi connectivity index (χ0) is 16.2. The number of halogens is 2. The Hall–Kier alpha value is -2.29. The van der Waals surface area contributed by atoms with Crippen molar-refractivity contribution in [1.29, 1.82) is 0 Å². The van der Waals surface area contributed by atoms with Gasteiger partial charge < -0.3 is 9.84 Å². The first-order chi connectivity index (χ1) is 9.72. The van der Waals surface area contributed by atoms with E-state index in [0.29, 0.717) is 12.1 Å². The summed E-state index contributed by atoms with van der Waals surface area (Å²) in [5, 5.41) is 22.0. The Balaban J connectivity index is 2.86. The van der Waals surface area contributed by atoms with Crippen molar-refractivity contribution < 1.29 is 28.3 Å². The van der Waals surface area contributed by atoms with Gasteiger partial charge in [0.2, 0.25) is 5.82 Å². The van der Waals surface area contributed by atoms with Crippen LogP contribution in [0.1, 0.15) is 13.8 Å². The van der Waals surface area contributed by atoms with E-state index < -0.39 is 46.6 Å². The second-order valence-corrected chi connectivity index (χ2v) is 4.51. The quantitative estimate of drug-likeness (QED) is 0.587. The Labute approximate surface area is 118 Å². The number of benzene rings is 1. The van der Waals surface area contributed by atoms with Gasteiger partial charge in [0.25, 0.3) is 0 Å². The van der Waals surface area contributed by atoms with Crippen molar-refractivity contribution in [3.05, 3.63) is 33.9 Å². The molecule has 0 heterocycles. The fraction of sp³-hybridized carbons (Fsp3) is 0.417. The zero-order valence-electron chi connectivity index (χ0n) is 11.3. The summed E-state index contributed by atoms with van der Waals surface area (Å²) < 4.78 is 31.8. The highest BCUT2D eigenvalue weighted by molar-refractivity contribution is 5.73. The second-order valence-electron chi connectivity index (χ2n) is 4.51. The lowest BCUT2D eigenvalue weighted by molar-refractivity contribution is -0.387. The fourth-order valence-corrected chi connectivity index (χ4v) is 1.53. The first-order valence-corrected chi connectivity index (χ1v) is 5.97. The van der Waals surface area contributed by atoms with Crippen molar-refractivity contribution in [3.63, 3.8) is 0 Å². The molecule has 116 valence electrons. The molecule has 0 amide bonds. The van der Waals surface area contributed by atoms with E-state index in [9.17, 15) is 23.7 Å². The Bertz CT molecular complexity index is 551. The molecular weight excluding hydrogens is 290 g/mol. The summed E-state index contributed by atoms with van der Waals surface area (Å²) in [6, 6.07) is -0.381. The lowest BCUT2D eigenvalue weighted by atomic mass is 10.2. The van der Waals surface area contributed by atoms with E-state index in [4.69, 9.17) is 9.84 Å². The molecule has 1 rings (SSSR count). The minimum absolute atomic E-state index is 0.159. The van der Waals surface area contributed by atoms with Crippen LogP contribution in [0.25, 0.3) is 0 Å². The maximum atomic E-state index is 13.5. The highest BCUT2D eigenvalue weighted by Gasteiger charge is 2.22. The van der Waals surface area contributed by atoms with Gasteiger partial charge in [-0.2, -0.15) is 4.39 Å². The van der Waals surface area contributed by atoms with E-state index in [1.54, 1.807) is 13.8 Å². The van der Waals surface area contributed by atoms with Gasteiger partial charge in [0.05, 0.1) is 11.0 Å². The van der Waals surface area contributed by atoms with Crippen LogP contribution in [0.5, 0.6) is 5.75 Å². The van der Waals surface area contributed by atoms with Crippen LogP contribution in [0, 0.1) is 21.7 Å². The van der Waals surface area contributed by atoms with Crippen molar-refractivity contribution >= 4 is 11.7 Å². The molecule has 1 aromatic carbocycles. The number of nitro benzene ring substituents is 1. The number of aliphatic carboxylic acids is 1. The van der Waals surface area contributed by atoms with E-state index in [1.165, 1.54) is 0 Å². The van der Waals surface area contributed by atoms with Crippen LogP contribution in [0.15, 0.2) is 12.1 Å². The van der Waals surface area contributed by atoms with E-state index >= 15 is 0 Å². The molecule has 0 aliphatic rings. The van der Waals surface area contributed by atoms with Gasteiger partial charge in [0.1, 0.15) is 12.6 Å². The fourth-order valence-electron chi connectivity index (χ4n) is 1.53. The third kappa shape index (κ3) is 4.63. The van der Waals surface area contributed by atoms with Crippen molar-refractivity contribution in [3.8, 4) is 5.75 Å². The van der Waals surface area contributed by atoms with Gasteiger partial charge in [-0.3, -0.25) is 20.2 Å². The van der Waals surface area contributed by atoms with Crippen molar-refractivity contribution in [2.75, 3.05) is 6.61 Å². The minimum atomic E-state index is -1.26. The number of nitrogens with one attached hydrogen (secondary N) is 1. The molecular formula is C12H14F2N2O5. The van der Waals surface area contributed by atoms with Gasteiger partial charge in [0.15, 0.2) is 11.6 Å². The number of carboxylic acid groups (broad SMARTS) is 1. The van der Waals surface area contributed by atoms with Gasteiger partial charge in [-0.15, -0.1) is 0 Å². The van der Waals surface area contributed by atoms with Crippen LogP contribution in [-0.2, 0) is 4.79 Å². The van der Waals surface area contributed by atoms with E-state index in [1.807, 2.05) is 0 Å². The van der Waals surface area contributed by atoms with Crippen LogP contribution in [-0.4, -0.2) is 34.7 Å². The van der Waals surface area contributed by atoms with Crippen molar-refractivity contribution in [1.82, 2.24) is 5.32 Å². The average Bonchev–Trinajstić information content (AvgIpc) is 2.36. The van der Waals surface area contributed by atoms with E-state index in [2.05, 4.69) is 5.32 Å². The predicted octanol–water partition coefficient (Wildman–Crippen LogP) is 1.70. The van der Waals surface area contributed by atoms with Gasteiger partial charge >= 0.3 is 11.7 Å². The molecule has 1 aromatic rings. The number of nitrogens with zero attached hydrogens (tertiary/aromatic N) is 1. The molecule has 0 aliphatic heterocycles. The zero-order valence-corrected chi connectivity index (χ0v) is 11.3. The van der Waals surface area contributed by atoms with Crippen LogP contribution in [0.2, 0.25) is 0 Å². The Morgan fingerprint density at radius 3 is 2.52 bits per heavy atom. The largest absolute Gasteiger partial charge is 0.488 e. The Kier molecular flexibility index (Phi) is 5.53. The Morgan fingerprint density at radius 2 is 2.05 bits per heavy atom. The number of rotatable bonds is 7. The summed E-state index contributed by atoms with van der Waals surface area (Å²) in [6.07, 6.45) is 0.